The first-order valence-electron chi connectivity index (χ1n) is 9.94. The van der Waals surface area contributed by atoms with Gasteiger partial charge in [0.2, 0.25) is 0 Å². The Kier molecular flexibility index (Phi) is 6.41. The van der Waals surface area contributed by atoms with E-state index in [0.717, 1.165) is 38.4 Å². The highest BCUT2D eigenvalue weighted by molar-refractivity contribution is 7.80. The average Bonchev–Trinajstić information content (AvgIpc) is 3.31. The maximum absolute atomic E-state index is 12.0. The highest BCUT2D eigenvalue weighted by Crippen LogP contribution is 2.20. The van der Waals surface area contributed by atoms with E-state index in [4.69, 9.17) is 16.6 Å². The third-order valence-electron chi connectivity index (χ3n) is 5.08. The van der Waals surface area contributed by atoms with Gasteiger partial charge in [0.25, 0.3) is 5.91 Å². The summed E-state index contributed by atoms with van der Waals surface area (Å²) in [7, 11) is 0. The number of hydrogen-bond acceptors (Lipinski definition) is 5. The number of hydrogen-bond donors (Lipinski definition) is 2. The summed E-state index contributed by atoms with van der Waals surface area (Å²) in [4.78, 5) is 16.8. The zero-order chi connectivity index (χ0) is 20.8. The molecule has 4 rings (SSSR count). The first kappa shape index (κ1) is 20.1. The van der Waals surface area contributed by atoms with E-state index in [1.54, 1.807) is 12.1 Å². The second-order valence-electron chi connectivity index (χ2n) is 7.18. The van der Waals surface area contributed by atoms with Crippen LogP contribution in [0.2, 0.25) is 0 Å². The summed E-state index contributed by atoms with van der Waals surface area (Å²) in [6.45, 7) is 5.07. The molecule has 6 nitrogen and oxygen atoms in total. The first-order chi connectivity index (χ1) is 14.7. The lowest BCUT2D eigenvalue weighted by atomic mass is 10.2. The molecule has 3 aromatic rings. The van der Waals surface area contributed by atoms with Gasteiger partial charge in [-0.25, -0.2) is 0 Å². The average molecular weight is 421 g/mol. The summed E-state index contributed by atoms with van der Waals surface area (Å²) >= 11 is 5.21. The molecule has 0 unspecified atom stereocenters. The molecule has 1 aliphatic rings. The Balaban J connectivity index is 1.25. The molecule has 30 heavy (non-hydrogen) atoms. The smallest absolute Gasteiger partial charge is 0.293 e. The zero-order valence-corrected chi connectivity index (χ0v) is 17.4. The van der Waals surface area contributed by atoms with Gasteiger partial charge in [-0.15, -0.1) is 0 Å². The van der Waals surface area contributed by atoms with Gasteiger partial charge in [-0.3, -0.25) is 15.0 Å². The molecule has 154 valence electrons. The van der Waals surface area contributed by atoms with Crippen molar-refractivity contribution in [2.24, 2.45) is 0 Å². The van der Waals surface area contributed by atoms with Gasteiger partial charge in [0.1, 0.15) is 0 Å². The Labute approximate surface area is 181 Å². The van der Waals surface area contributed by atoms with Crippen molar-refractivity contribution in [3.8, 4) is 0 Å². The van der Waals surface area contributed by atoms with Crippen molar-refractivity contribution in [1.82, 2.24) is 10.2 Å². The number of amides is 1. The summed E-state index contributed by atoms with van der Waals surface area (Å²) in [5, 5.41) is 5.87. The van der Waals surface area contributed by atoms with Crippen molar-refractivity contribution in [2.75, 3.05) is 36.4 Å². The fraction of sp³-hybridized carbons (Fsp3) is 0.217. The van der Waals surface area contributed by atoms with Crippen LogP contribution in [0.25, 0.3) is 0 Å². The minimum absolute atomic E-state index is 0.223. The molecule has 1 fully saturated rings. The van der Waals surface area contributed by atoms with Gasteiger partial charge in [0.15, 0.2) is 10.9 Å². The molecule has 0 radical (unpaired) electrons. The Morgan fingerprint density at radius 2 is 1.67 bits per heavy atom. The number of thiocarbonyl (C=S) groups is 1. The molecule has 7 heteroatoms. The molecule has 1 aromatic heterocycles. The van der Waals surface area contributed by atoms with E-state index in [1.165, 1.54) is 17.5 Å². The van der Waals surface area contributed by atoms with Gasteiger partial charge in [0, 0.05) is 44.1 Å². The first-order valence-corrected chi connectivity index (χ1v) is 10.4. The van der Waals surface area contributed by atoms with Crippen LogP contribution in [0, 0.1) is 0 Å². The van der Waals surface area contributed by atoms with Crippen LogP contribution in [0.5, 0.6) is 0 Å². The standard InChI is InChI=1S/C23H24N4O2S/c28-22(21-7-4-16-29-21)25-23(30)24-19-8-10-20(11-9-19)27-14-12-26(13-15-27)17-18-5-2-1-3-6-18/h1-11,16H,12-15,17H2,(H2,24,25,28,30). The minimum Gasteiger partial charge on any atom is -0.459 e. The van der Waals surface area contributed by atoms with Gasteiger partial charge in [-0.1, -0.05) is 30.3 Å². The number of carbonyl (C=O) groups is 1. The number of rotatable bonds is 5. The molecule has 0 bridgehead atoms. The van der Waals surface area contributed by atoms with Crippen molar-refractivity contribution in [2.45, 2.75) is 6.54 Å². The van der Waals surface area contributed by atoms with Crippen LogP contribution in [0.1, 0.15) is 16.1 Å². The maximum atomic E-state index is 12.0. The Bertz CT molecular complexity index is 966. The molecule has 2 N–H and O–H groups in total. The third-order valence-corrected chi connectivity index (χ3v) is 5.29. The fourth-order valence-corrected chi connectivity index (χ4v) is 3.71. The summed E-state index contributed by atoms with van der Waals surface area (Å²) in [5.74, 6) is -0.150. The molecule has 1 saturated heterocycles. The van der Waals surface area contributed by atoms with Crippen LogP contribution in [-0.4, -0.2) is 42.1 Å². The van der Waals surface area contributed by atoms with Crippen LogP contribution in [0.15, 0.2) is 77.4 Å². The summed E-state index contributed by atoms with van der Waals surface area (Å²) in [5.41, 5.74) is 3.37. The van der Waals surface area contributed by atoms with E-state index in [2.05, 4.69) is 62.9 Å². The molecular weight excluding hydrogens is 396 g/mol. The fourth-order valence-electron chi connectivity index (χ4n) is 3.50. The van der Waals surface area contributed by atoms with E-state index in [1.807, 2.05) is 12.1 Å². The van der Waals surface area contributed by atoms with Gasteiger partial charge in [-0.05, 0) is 54.2 Å². The second-order valence-corrected chi connectivity index (χ2v) is 7.59. The highest BCUT2D eigenvalue weighted by atomic mass is 32.1. The molecule has 1 amide bonds. The Hall–Kier alpha value is -3.16. The zero-order valence-electron chi connectivity index (χ0n) is 16.6. The van der Waals surface area contributed by atoms with Crippen molar-refractivity contribution in [3.05, 3.63) is 84.3 Å². The van der Waals surface area contributed by atoms with E-state index in [9.17, 15) is 4.79 Å². The van der Waals surface area contributed by atoms with Gasteiger partial charge in [0.05, 0.1) is 6.26 Å². The second kappa shape index (κ2) is 9.56. The van der Waals surface area contributed by atoms with E-state index < -0.39 is 0 Å². The predicted molar refractivity (Wildman–Crippen MR) is 123 cm³/mol. The van der Waals surface area contributed by atoms with Crippen LogP contribution in [-0.2, 0) is 6.54 Å². The normalized spacial score (nSPS) is 14.3. The number of piperazine rings is 1. The number of carbonyl (C=O) groups excluding carboxylic acids is 1. The monoisotopic (exact) mass is 420 g/mol. The lowest BCUT2D eigenvalue weighted by Crippen LogP contribution is -2.45. The van der Waals surface area contributed by atoms with Crippen LogP contribution in [0.3, 0.4) is 0 Å². The van der Waals surface area contributed by atoms with Gasteiger partial charge < -0.3 is 14.6 Å². The van der Waals surface area contributed by atoms with Crippen LogP contribution >= 0.6 is 12.2 Å². The predicted octanol–water partition coefficient (Wildman–Crippen LogP) is 3.73. The Morgan fingerprint density at radius 3 is 2.33 bits per heavy atom. The quantitative estimate of drug-likeness (QED) is 0.614. The number of furan rings is 1. The topological polar surface area (TPSA) is 60.8 Å². The van der Waals surface area contributed by atoms with Crippen molar-refractivity contribution >= 4 is 34.6 Å². The molecule has 0 spiro atoms. The Morgan fingerprint density at radius 1 is 0.933 bits per heavy atom. The van der Waals surface area contributed by atoms with Crippen molar-refractivity contribution < 1.29 is 9.21 Å². The molecular formula is C23H24N4O2S. The van der Waals surface area contributed by atoms with Crippen molar-refractivity contribution in [3.63, 3.8) is 0 Å². The number of nitrogens with one attached hydrogen (secondary N) is 2. The van der Waals surface area contributed by atoms with E-state index in [-0.39, 0.29) is 16.8 Å². The third kappa shape index (κ3) is 5.25. The van der Waals surface area contributed by atoms with Gasteiger partial charge in [-0.2, -0.15) is 0 Å². The summed E-state index contributed by atoms with van der Waals surface area (Å²) in [6.07, 6.45) is 1.45. The molecule has 0 saturated carbocycles. The number of anilines is 2. The summed E-state index contributed by atoms with van der Waals surface area (Å²) in [6, 6.07) is 21.9. The SMILES string of the molecule is O=C(NC(=S)Nc1ccc(N2CCN(Cc3ccccc3)CC2)cc1)c1ccco1. The molecule has 0 aliphatic carbocycles. The lowest BCUT2D eigenvalue weighted by molar-refractivity contribution is 0.0950. The van der Waals surface area contributed by atoms with E-state index in [0.29, 0.717) is 0 Å². The molecule has 1 aliphatic heterocycles. The molecule has 2 aromatic carbocycles. The number of benzene rings is 2. The molecule has 0 atom stereocenters. The van der Waals surface area contributed by atoms with Crippen LogP contribution in [0.4, 0.5) is 11.4 Å². The largest absolute Gasteiger partial charge is 0.459 e. The van der Waals surface area contributed by atoms with Crippen molar-refractivity contribution in [1.29, 1.82) is 0 Å². The van der Waals surface area contributed by atoms with E-state index >= 15 is 0 Å². The molecule has 2 heterocycles. The maximum Gasteiger partial charge on any atom is 0.293 e. The van der Waals surface area contributed by atoms with Gasteiger partial charge >= 0.3 is 0 Å². The number of nitrogens with zero attached hydrogens (tertiary/aromatic N) is 2. The minimum atomic E-state index is -0.373. The highest BCUT2D eigenvalue weighted by Gasteiger charge is 2.17. The summed E-state index contributed by atoms with van der Waals surface area (Å²) < 4.78 is 5.06. The lowest BCUT2D eigenvalue weighted by Gasteiger charge is -2.36. The van der Waals surface area contributed by atoms with Crippen LogP contribution < -0.4 is 15.5 Å².